The van der Waals surface area contributed by atoms with Crippen molar-refractivity contribution in [3.8, 4) is 0 Å². The molecule has 0 heterocycles. The molecule has 20 heavy (non-hydrogen) atoms. The van der Waals surface area contributed by atoms with Crippen molar-refractivity contribution >= 4 is 0 Å². The third-order valence-corrected chi connectivity index (χ3v) is 4.80. The van der Waals surface area contributed by atoms with Gasteiger partial charge in [-0.2, -0.15) is 0 Å². The molecule has 4 rings (SSSR count). The highest BCUT2D eigenvalue weighted by atomic mass is 16.7. The molecule has 0 saturated heterocycles. The lowest BCUT2D eigenvalue weighted by Crippen LogP contribution is -2.33. The third-order valence-electron chi connectivity index (χ3n) is 4.80. The van der Waals surface area contributed by atoms with Crippen LogP contribution in [0.5, 0.6) is 0 Å². The smallest absolute Gasteiger partial charge is 0.222 e. The standard InChI is InChI=1S/C18H18O2/c1-19-18(20-2)16-9-5-3-7-12(16)14-11-15(14)13-8-4-6-10-17(13)18/h3-10,14-15H,11H2,1-2H3. The normalized spacial score (nSPS) is 25.1. The summed E-state index contributed by atoms with van der Waals surface area (Å²) < 4.78 is 11.8. The monoisotopic (exact) mass is 266 g/mol. The van der Waals surface area contributed by atoms with Crippen molar-refractivity contribution in [3.63, 3.8) is 0 Å². The molecule has 0 spiro atoms. The first-order chi connectivity index (χ1) is 9.81. The van der Waals surface area contributed by atoms with Crippen molar-refractivity contribution in [2.24, 2.45) is 0 Å². The summed E-state index contributed by atoms with van der Waals surface area (Å²) in [5.41, 5.74) is 5.06. The van der Waals surface area contributed by atoms with Gasteiger partial charge in [0.05, 0.1) is 0 Å². The molecule has 2 aliphatic rings. The average Bonchev–Trinajstić information content (AvgIpc) is 3.30. The highest BCUT2D eigenvalue weighted by molar-refractivity contribution is 5.53. The minimum Gasteiger partial charge on any atom is -0.346 e. The summed E-state index contributed by atoms with van der Waals surface area (Å²) in [4.78, 5) is 0. The van der Waals surface area contributed by atoms with E-state index in [0.29, 0.717) is 11.8 Å². The second-order valence-corrected chi connectivity index (χ2v) is 5.65. The molecule has 2 unspecified atom stereocenters. The van der Waals surface area contributed by atoms with Crippen molar-refractivity contribution in [3.05, 3.63) is 70.8 Å². The average molecular weight is 266 g/mol. The van der Waals surface area contributed by atoms with Crippen LogP contribution in [-0.2, 0) is 15.3 Å². The quantitative estimate of drug-likeness (QED) is 0.770. The minimum atomic E-state index is -0.777. The first kappa shape index (κ1) is 12.1. The molecule has 0 bridgehead atoms. The van der Waals surface area contributed by atoms with E-state index >= 15 is 0 Å². The van der Waals surface area contributed by atoms with E-state index in [4.69, 9.17) is 9.47 Å². The van der Waals surface area contributed by atoms with Crippen LogP contribution in [0.4, 0.5) is 0 Å². The maximum absolute atomic E-state index is 5.91. The predicted octanol–water partition coefficient (Wildman–Crippen LogP) is 3.77. The topological polar surface area (TPSA) is 18.5 Å². The molecule has 1 saturated carbocycles. The molecule has 2 aliphatic carbocycles. The molecule has 0 radical (unpaired) electrons. The Balaban J connectivity index is 2.06. The number of methoxy groups -OCH3 is 2. The fourth-order valence-corrected chi connectivity index (χ4v) is 3.79. The second kappa shape index (κ2) is 4.18. The molecule has 0 N–H and O–H groups in total. The lowest BCUT2D eigenvalue weighted by molar-refractivity contribution is -0.184. The number of rotatable bonds is 2. The van der Waals surface area contributed by atoms with Crippen molar-refractivity contribution in [1.29, 1.82) is 0 Å². The van der Waals surface area contributed by atoms with Crippen LogP contribution in [0.1, 0.15) is 40.5 Å². The van der Waals surface area contributed by atoms with Gasteiger partial charge in [0.2, 0.25) is 5.79 Å². The molecule has 2 atom stereocenters. The van der Waals surface area contributed by atoms with Crippen LogP contribution < -0.4 is 0 Å². The molecule has 1 fully saturated rings. The van der Waals surface area contributed by atoms with Gasteiger partial charge < -0.3 is 9.47 Å². The first-order valence-electron chi connectivity index (χ1n) is 7.11. The Morgan fingerprint density at radius 1 is 0.800 bits per heavy atom. The van der Waals surface area contributed by atoms with Crippen molar-refractivity contribution in [1.82, 2.24) is 0 Å². The summed E-state index contributed by atoms with van der Waals surface area (Å²) in [5.74, 6) is 0.444. The molecular formula is C18H18O2. The van der Waals surface area contributed by atoms with Crippen LogP contribution >= 0.6 is 0 Å². The summed E-state index contributed by atoms with van der Waals surface area (Å²) in [6.07, 6.45) is 1.23. The molecule has 2 nitrogen and oxygen atoms in total. The summed E-state index contributed by atoms with van der Waals surface area (Å²) in [6.45, 7) is 0. The summed E-state index contributed by atoms with van der Waals surface area (Å²) in [6, 6.07) is 17.1. The van der Waals surface area contributed by atoms with Crippen molar-refractivity contribution in [2.45, 2.75) is 24.0 Å². The Kier molecular flexibility index (Phi) is 2.53. The van der Waals surface area contributed by atoms with E-state index in [2.05, 4.69) is 48.5 Å². The van der Waals surface area contributed by atoms with Crippen molar-refractivity contribution < 1.29 is 9.47 Å². The first-order valence-corrected chi connectivity index (χ1v) is 7.11. The Morgan fingerprint density at radius 3 is 1.70 bits per heavy atom. The molecule has 2 aromatic rings. The van der Waals surface area contributed by atoms with E-state index in [1.54, 1.807) is 14.2 Å². The molecule has 102 valence electrons. The fraction of sp³-hybridized carbons (Fsp3) is 0.333. The maximum atomic E-state index is 5.91. The number of fused-ring (bicyclic) bond motifs is 5. The van der Waals surface area contributed by atoms with Gasteiger partial charge in [0.1, 0.15) is 0 Å². The minimum absolute atomic E-state index is 0.611. The largest absolute Gasteiger partial charge is 0.346 e. The highest BCUT2D eigenvalue weighted by Gasteiger charge is 2.51. The van der Waals surface area contributed by atoms with Crippen LogP contribution in [0.15, 0.2) is 48.5 Å². The van der Waals surface area contributed by atoms with E-state index in [9.17, 15) is 0 Å². The van der Waals surface area contributed by atoms with Gasteiger partial charge in [-0.1, -0.05) is 48.5 Å². The van der Waals surface area contributed by atoms with Crippen LogP contribution in [0.25, 0.3) is 0 Å². The van der Waals surface area contributed by atoms with E-state index in [1.165, 1.54) is 17.5 Å². The zero-order valence-electron chi connectivity index (χ0n) is 11.8. The van der Waals surface area contributed by atoms with Gasteiger partial charge in [0, 0.05) is 25.3 Å². The molecule has 0 aliphatic heterocycles. The molecule has 0 aromatic heterocycles. The third kappa shape index (κ3) is 1.41. The van der Waals surface area contributed by atoms with Gasteiger partial charge >= 0.3 is 0 Å². The van der Waals surface area contributed by atoms with Crippen LogP contribution in [-0.4, -0.2) is 14.2 Å². The predicted molar refractivity (Wildman–Crippen MR) is 77.8 cm³/mol. The van der Waals surface area contributed by atoms with Crippen molar-refractivity contribution in [2.75, 3.05) is 14.2 Å². The second-order valence-electron chi connectivity index (χ2n) is 5.65. The lowest BCUT2D eigenvalue weighted by atomic mass is 9.91. The van der Waals surface area contributed by atoms with Crippen LogP contribution in [0.2, 0.25) is 0 Å². The molecule has 0 amide bonds. The Morgan fingerprint density at radius 2 is 1.25 bits per heavy atom. The van der Waals surface area contributed by atoms with Gasteiger partial charge in [0.25, 0.3) is 0 Å². The zero-order chi connectivity index (χ0) is 13.7. The fourth-order valence-electron chi connectivity index (χ4n) is 3.79. The molecule has 2 heteroatoms. The Hall–Kier alpha value is -1.64. The van der Waals surface area contributed by atoms with E-state index in [1.807, 2.05) is 0 Å². The maximum Gasteiger partial charge on any atom is 0.222 e. The number of ether oxygens (including phenoxy) is 2. The summed E-state index contributed by atoms with van der Waals surface area (Å²) in [7, 11) is 3.46. The molecular weight excluding hydrogens is 248 g/mol. The summed E-state index contributed by atoms with van der Waals surface area (Å²) >= 11 is 0. The van der Waals surface area contributed by atoms with E-state index in [-0.39, 0.29) is 0 Å². The van der Waals surface area contributed by atoms with Crippen LogP contribution in [0.3, 0.4) is 0 Å². The van der Waals surface area contributed by atoms with Gasteiger partial charge in [0.15, 0.2) is 0 Å². The zero-order valence-corrected chi connectivity index (χ0v) is 11.8. The number of benzene rings is 2. The molecule has 2 aromatic carbocycles. The number of hydrogen-bond donors (Lipinski definition) is 0. The highest BCUT2D eigenvalue weighted by Crippen LogP contribution is 2.61. The van der Waals surface area contributed by atoms with E-state index < -0.39 is 5.79 Å². The lowest BCUT2D eigenvalue weighted by Gasteiger charge is -2.33. The Bertz CT molecular complexity index is 604. The van der Waals surface area contributed by atoms with Crippen LogP contribution in [0, 0.1) is 0 Å². The Labute approximate surface area is 119 Å². The van der Waals surface area contributed by atoms with Gasteiger partial charge in [-0.05, 0) is 29.4 Å². The van der Waals surface area contributed by atoms with Gasteiger partial charge in [-0.3, -0.25) is 0 Å². The van der Waals surface area contributed by atoms with Gasteiger partial charge in [-0.15, -0.1) is 0 Å². The summed E-state index contributed by atoms with van der Waals surface area (Å²) in [5, 5.41) is 0. The number of hydrogen-bond acceptors (Lipinski definition) is 2. The SMILES string of the molecule is COC1(OC)c2ccccc2C2CC2c2ccccc21. The van der Waals surface area contributed by atoms with E-state index in [0.717, 1.165) is 11.1 Å². The van der Waals surface area contributed by atoms with Gasteiger partial charge in [-0.25, -0.2) is 0 Å².